The van der Waals surface area contributed by atoms with E-state index in [1.165, 1.54) is 19.2 Å². The van der Waals surface area contributed by atoms with Crippen LogP contribution in [0.2, 0.25) is 0 Å². The van der Waals surface area contributed by atoms with Crippen LogP contribution in [0, 0.1) is 0 Å². The highest BCUT2D eigenvalue weighted by Crippen LogP contribution is 2.09. The minimum atomic E-state index is -3.26. The molecule has 1 aromatic rings. The lowest BCUT2D eigenvalue weighted by atomic mass is 10.1. The highest BCUT2D eigenvalue weighted by Gasteiger charge is 2.08. The van der Waals surface area contributed by atoms with E-state index < -0.39 is 10.0 Å². The number of unbranched alkanes of at least 4 members (excludes halogenated alkanes) is 1. The minimum Gasteiger partial charge on any atom is -0.357 e. The zero-order chi connectivity index (χ0) is 18.5. The van der Waals surface area contributed by atoms with Crippen LogP contribution in [0.15, 0.2) is 29.3 Å². The van der Waals surface area contributed by atoms with Crippen molar-refractivity contribution in [2.24, 2.45) is 4.99 Å². The van der Waals surface area contributed by atoms with E-state index >= 15 is 0 Å². The van der Waals surface area contributed by atoms with Crippen LogP contribution in [-0.2, 0) is 22.3 Å². The van der Waals surface area contributed by atoms with Crippen LogP contribution in [0.25, 0.3) is 0 Å². The number of hydrogen-bond acceptors (Lipinski definition) is 4. The number of guanidine groups is 1. The normalized spacial score (nSPS) is 12.2. The van der Waals surface area contributed by atoms with Crippen molar-refractivity contribution in [3.63, 3.8) is 0 Å². The zero-order valence-electron chi connectivity index (χ0n) is 15.3. The lowest BCUT2D eigenvalue weighted by Crippen LogP contribution is -2.37. The van der Waals surface area contributed by atoms with Crippen LogP contribution in [0.5, 0.6) is 0 Å². The monoisotopic (exact) mass is 386 g/mol. The molecule has 0 radical (unpaired) electrons. The Labute approximate surface area is 156 Å². The van der Waals surface area contributed by atoms with Gasteiger partial charge in [-0.3, -0.25) is 0 Å². The molecule has 0 atom stereocenters. The molecule has 8 heteroatoms. The number of thioether (sulfide) groups is 1. The molecule has 1 rings (SSSR count). The van der Waals surface area contributed by atoms with E-state index in [1.807, 2.05) is 43.0 Å². The van der Waals surface area contributed by atoms with Gasteiger partial charge in [-0.25, -0.2) is 18.1 Å². The molecular formula is C17H30N4O2S2. The first kappa shape index (κ1) is 21.8. The molecule has 0 aromatic heterocycles. The average Bonchev–Trinajstić information content (AvgIpc) is 2.59. The Balaban J connectivity index is 2.63. The minimum absolute atomic E-state index is 0.0190. The summed E-state index contributed by atoms with van der Waals surface area (Å²) < 4.78 is 25.7. The molecule has 25 heavy (non-hydrogen) atoms. The number of aliphatic imine (C=N–C) groups is 1. The van der Waals surface area contributed by atoms with E-state index in [0.717, 1.165) is 36.6 Å². The molecule has 0 heterocycles. The standard InChI is InChI=1S/C17H30N4O2S2/c1-4-19-17(20-10-5-6-11-24-3)21-13-15-8-7-9-16(12-15)14-25(22,23)18-2/h7-9,12,18H,4-6,10-11,13-14H2,1-3H3,(H2,19,20,21). The van der Waals surface area contributed by atoms with Crippen LogP contribution in [-0.4, -0.2) is 46.5 Å². The van der Waals surface area contributed by atoms with Crippen molar-refractivity contribution >= 4 is 27.7 Å². The molecule has 0 aliphatic heterocycles. The second-order valence-corrected chi connectivity index (χ2v) is 8.52. The molecular weight excluding hydrogens is 356 g/mol. The molecule has 0 unspecified atom stereocenters. The summed E-state index contributed by atoms with van der Waals surface area (Å²) in [5, 5.41) is 6.57. The summed E-state index contributed by atoms with van der Waals surface area (Å²) in [5.41, 5.74) is 1.75. The molecule has 0 fully saturated rings. The third-order valence-electron chi connectivity index (χ3n) is 3.49. The number of hydrogen-bond donors (Lipinski definition) is 3. The van der Waals surface area contributed by atoms with Gasteiger partial charge in [0.05, 0.1) is 12.3 Å². The fraction of sp³-hybridized carbons (Fsp3) is 0.588. The second kappa shape index (κ2) is 12.2. The highest BCUT2D eigenvalue weighted by molar-refractivity contribution is 7.98. The molecule has 0 bridgehead atoms. The molecule has 0 saturated heterocycles. The van der Waals surface area contributed by atoms with Gasteiger partial charge in [0.25, 0.3) is 0 Å². The number of rotatable bonds is 11. The number of sulfonamides is 1. The van der Waals surface area contributed by atoms with Gasteiger partial charge < -0.3 is 10.6 Å². The van der Waals surface area contributed by atoms with E-state index in [4.69, 9.17) is 0 Å². The molecule has 0 aliphatic rings. The number of benzene rings is 1. The van der Waals surface area contributed by atoms with Crippen LogP contribution in [0.3, 0.4) is 0 Å². The molecule has 1 aromatic carbocycles. The van der Waals surface area contributed by atoms with Crippen molar-refractivity contribution in [2.45, 2.75) is 32.1 Å². The predicted octanol–water partition coefficient (Wildman–Crippen LogP) is 1.93. The van der Waals surface area contributed by atoms with Gasteiger partial charge in [0.15, 0.2) is 5.96 Å². The summed E-state index contributed by atoms with van der Waals surface area (Å²) in [4.78, 5) is 4.58. The van der Waals surface area contributed by atoms with Gasteiger partial charge in [-0.05, 0) is 49.9 Å². The Morgan fingerprint density at radius 1 is 1.20 bits per heavy atom. The van der Waals surface area contributed by atoms with Crippen molar-refractivity contribution in [2.75, 3.05) is 32.1 Å². The summed E-state index contributed by atoms with van der Waals surface area (Å²) in [6, 6.07) is 7.53. The average molecular weight is 387 g/mol. The van der Waals surface area contributed by atoms with E-state index in [1.54, 1.807) is 0 Å². The van der Waals surface area contributed by atoms with Crippen LogP contribution < -0.4 is 15.4 Å². The maximum Gasteiger partial charge on any atom is 0.215 e. The van der Waals surface area contributed by atoms with Gasteiger partial charge in [-0.15, -0.1) is 0 Å². The van der Waals surface area contributed by atoms with Crippen LogP contribution >= 0.6 is 11.8 Å². The van der Waals surface area contributed by atoms with E-state index in [-0.39, 0.29) is 5.75 Å². The quantitative estimate of drug-likeness (QED) is 0.308. The molecule has 6 nitrogen and oxygen atoms in total. The smallest absolute Gasteiger partial charge is 0.215 e. The van der Waals surface area contributed by atoms with Gasteiger partial charge in [0.1, 0.15) is 0 Å². The zero-order valence-corrected chi connectivity index (χ0v) is 17.0. The van der Waals surface area contributed by atoms with E-state index in [9.17, 15) is 8.42 Å². The fourth-order valence-electron chi connectivity index (χ4n) is 2.20. The van der Waals surface area contributed by atoms with Crippen LogP contribution in [0.4, 0.5) is 0 Å². The maximum absolute atomic E-state index is 11.7. The lowest BCUT2D eigenvalue weighted by Gasteiger charge is -2.11. The SMILES string of the molecule is CCNC(=NCc1cccc(CS(=O)(=O)NC)c1)NCCCCSC. The van der Waals surface area contributed by atoms with E-state index in [2.05, 4.69) is 26.6 Å². The van der Waals surface area contributed by atoms with Crippen molar-refractivity contribution in [1.29, 1.82) is 0 Å². The van der Waals surface area contributed by atoms with E-state index in [0.29, 0.717) is 6.54 Å². The lowest BCUT2D eigenvalue weighted by molar-refractivity contribution is 0.587. The molecule has 0 aliphatic carbocycles. The largest absolute Gasteiger partial charge is 0.357 e. The van der Waals surface area contributed by atoms with Gasteiger partial charge in [-0.1, -0.05) is 24.3 Å². The first-order valence-electron chi connectivity index (χ1n) is 8.51. The Hall–Kier alpha value is -1.25. The number of nitrogens with one attached hydrogen (secondary N) is 3. The first-order valence-corrected chi connectivity index (χ1v) is 11.6. The second-order valence-electron chi connectivity index (χ2n) is 5.61. The summed E-state index contributed by atoms with van der Waals surface area (Å²) in [7, 11) is -1.83. The summed E-state index contributed by atoms with van der Waals surface area (Å²) in [6.07, 6.45) is 4.42. The molecule has 142 valence electrons. The fourth-order valence-corrected chi connectivity index (χ4v) is 3.46. The van der Waals surface area contributed by atoms with Crippen molar-refractivity contribution in [3.8, 4) is 0 Å². The van der Waals surface area contributed by atoms with Gasteiger partial charge in [0.2, 0.25) is 10.0 Å². The summed E-state index contributed by atoms with van der Waals surface area (Å²) in [5.74, 6) is 1.95. The van der Waals surface area contributed by atoms with Crippen molar-refractivity contribution in [1.82, 2.24) is 15.4 Å². The highest BCUT2D eigenvalue weighted by atomic mass is 32.2. The Bertz CT molecular complexity index is 633. The topological polar surface area (TPSA) is 82.6 Å². The summed E-state index contributed by atoms with van der Waals surface area (Å²) >= 11 is 1.86. The van der Waals surface area contributed by atoms with Crippen LogP contribution in [0.1, 0.15) is 30.9 Å². The maximum atomic E-state index is 11.7. The molecule has 0 spiro atoms. The van der Waals surface area contributed by atoms with Crippen molar-refractivity contribution < 1.29 is 8.42 Å². The molecule has 0 saturated carbocycles. The molecule has 3 N–H and O–H groups in total. The van der Waals surface area contributed by atoms with Gasteiger partial charge >= 0.3 is 0 Å². The van der Waals surface area contributed by atoms with Gasteiger partial charge in [0, 0.05) is 13.1 Å². The summed E-state index contributed by atoms with van der Waals surface area (Å²) in [6.45, 7) is 4.24. The Morgan fingerprint density at radius 2 is 1.96 bits per heavy atom. The Morgan fingerprint density at radius 3 is 2.64 bits per heavy atom. The molecule has 0 amide bonds. The number of nitrogens with zero attached hydrogens (tertiary/aromatic N) is 1. The third-order valence-corrected chi connectivity index (χ3v) is 5.52. The van der Waals surface area contributed by atoms with Crippen molar-refractivity contribution in [3.05, 3.63) is 35.4 Å². The van der Waals surface area contributed by atoms with Gasteiger partial charge in [-0.2, -0.15) is 11.8 Å². The third kappa shape index (κ3) is 9.72. The predicted molar refractivity (Wildman–Crippen MR) is 109 cm³/mol. The first-order chi connectivity index (χ1) is 12.0. The Kier molecular flexibility index (Phi) is 10.6.